The number of hydrogen-bond donors (Lipinski definition) is 2. The van der Waals surface area contributed by atoms with Crippen LogP contribution in [-0.2, 0) is 22.9 Å². The third kappa shape index (κ3) is 6.07. The molecule has 0 saturated carbocycles. The van der Waals surface area contributed by atoms with Gasteiger partial charge in [-0.3, -0.25) is 10.3 Å². The molecule has 1 amide bonds. The minimum atomic E-state index is -4.54. The van der Waals surface area contributed by atoms with Crippen molar-refractivity contribution in [2.45, 2.75) is 25.1 Å². The Kier molecular flexibility index (Phi) is 7.65. The van der Waals surface area contributed by atoms with Gasteiger partial charge in [0.05, 0.1) is 17.9 Å². The molecule has 3 rings (SSSR count). The summed E-state index contributed by atoms with van der Waals surface area (Å²) in [6, 6.07) is 19.3. The van der Waals surface area contributed by atoms with Crippen LogP contribution in [0.5, 0.6) is 0 Å². The van der Waals surface area contributed by atoms with E-state index in [2.05, 4.69) is 15.6 Å². The lowest BCUT2D eigenvalue weighted by Crippen LogP contribution is -2.53. The molecule has 1 atom stereocenters. The number of rotatable bonds is 6. The molecular weight excluding hydrogens is 451 g/mol. The van der Waals surface area contributed by atoms with E-state index in [4.69, 9.17) is 17.0 Å². The predicted octanol–water partition coefficient (Wildman–Crippen LogP) is 5.21. The van der Waals surface area contributed by atoms with Gasteiger partial charge in [0.25, 0.3) is 0 Å². The maximum absolute atomic E-state index is 13.6. The topological polar surface area (TPSA) is 63.2 Å². The molecule has 5 nitrogen and oxygen atoms in total. The molecule has 0 bridgehead atoms. The van der Waals surface area contributed by atoms with Crippen LogP contribution in [0.2, 0.25) is 0 Å². The Morgan fingerprint density at radius 2 is 1.70 bits per heavy atom. The van der Waals surface area contributed by atoms with Gasteiger partial charge in [0, 0.05) is 12.6 Å². The average molecular weight is 474 g/mol. The second-order valence-electron chi connectivity index (χ2n) is 7.16. The maximum Gasteiger partial charge on any atom is 0.416 e. The Morgan fingerprint density at radius 3 is 2.33 bits per heavy atom. The maximum atomic E-state index is 13.6. The number of carbonyl (C=O) groups is 1. The minimum Gasteiger partial charge on any atom is -0.450 e. The molecular formula is C24H22F3N3O2S. The molecule has 0 fully saturated rings. The zero-order chi connectivity index (χ0) is 23.9. The molecule has 0 spiro atoms. The number of ether oxygens (including phenoxy) is 1. The second kappa shape index (κ2) is 10.4. The summed E-state index contributed by atoms with van der Waals surface area (Å²) in [6.45, 7) is 1.78. The van der Waals surface area contributed by atoms with E-state index in [9.17, 15) is 18.0 Å². The van der Waals surface area contributed by atoms with E-state index in [-0.39, 0.29) is 23.7 Å². The molecule has 0 aliphatic heterocycles. The molecule has 9 heteroatoms. The van der Waals surface area contributed by atoms with Crippen LogP contribution in [0.1, 0.15) is 29.3 Å². The molecule has 172 valence electrons. The number of amides is 1. The molecule has 1 heterocycles. The first kappa shape index (κ1) is 24.2. The first-order valence-electron chi connectivity index (χ1n) is 10.1. The summed E-state index contributed by atoms with van der Waals surface area (Å²) in [5, 5.41) is 5.38. The lowest BCUT2D eigenvalue weighted by molar-refractivity contribution is -0.137. The number of pyridine rings is 1. The number of alkyl carbamates (subject to hydrolysis) is 1. The molecule has 3 aromatic rings. The average Bonchev–Trinajstić information content (AvgIpc) is 2.79. The van der Waals surface area contributed by atoms with Gasteiger partial charge >= 0.3 is 12.3 Å². The molecule has 0 saturated heterocycles. The van der Waals surface area contributed by atoms with E-state index in [1.165, 1.54) is 6.07 Å². The van der Waals surface area contributed by atoms with E-state index < -0.39 is 23.4 Å². The molecule has 1 aromatic heterocycles. The van der Waals surface area contributed by atoms with Gasteiger partial charge in [0.1, 0.15) is 5.54 Å². The summed E-state index contributed by atoms with van der Waals surface area (Å²) in [5.74, 6) is 0. The van der Waals surface area contributed by atoms with Crippen molar-refractivity contribution in [2.75, 3.05) is 6.61 Å². The molecule has 0 radical (unpaired) electrons. The second-order valence-corrected chi connectivity index (χ2v) is 7.57. The fourth-order valence-corrected chi connectivity index (χ4v) is 3.74. The minimum absolute atomic E-state index is 0.104. The number of benzene rings is 2. The van der Waals surface area contributed by atoms with Crippen LogP contribution < -0.4 is 10.6 Å². The quantitative estimate of drug-likeness (QED) is 0.482. The van der Waals surface area contributed by atoms with Crippen LogP contribution in [-0.4, -0.2) is 22.8 Å². The third-order valence-electron chi connectivity index (χ3n) is 4.91. The van der Waals surface area contributed by atoms with Crippen molar-refractivity contribution >= 4 is 23.4 Å². The molecule has 2 N–H and O–H groups in total. The number of halogens is 3. The summed E-state index contributed by atoms with van der Waals surface area (Å²) in [4.78, 5) is 16.4. The third-order valence-corrected chi connectivity index (χ3v) is 5.12. The van der Waals surface area contributed by atoms with Crippen molar-refractivity contribution in [2.24, 2.45) is 0 Å². The largest absolute Gasteiger partial charge is 0.450 e. The van der Waals surface area contributed by atoms with Crippen molar-refractivity contribution in [3.8, 4) is 0 Å². The highest BCUT2D eigenvalue weighted by Crippen LogP contribution is 2.36. The number of nitrogens with zero attached hydrogens (tertiary/aromatic N) is 1. The van der Waals surface area contributed by atoms with Crippen molar-refractivity contribution in [1.29, 1.82) is 0 Å². The summed E-state index contributed by atoms with van der Waals surface area (Å²) < 4.78 is 45.6. The van der Waals surface area contributed by atoms with Crippen LogP contribution in [0.25, 0.3) is 0 Å². The van der Waals surface area contributed by atoms with Gasteiger partial charge in [0.15, 0.2) is 5.11 Å². The first-order chi connectivity index (χ1) is 15.7. The van der Waals surface area contributed by atoms with Crippen molar-refractivity contribution in [3.05, 3.63) is 101 Å². The Labute approximate surface area is 195 Å². The summed E-state index contributed by atoms with van der Waals surface area (Å²) in [6.07, 6.45) is -3.56. The SMILES string of the molecule is CCOC(=O)NC(=S)NC(Cc1ccccc1)(c1cccc(C(F)(F)F)c1)c1ccccn1. The van der Waals surface area contributed by atoms with Gasteiger partial charge in [-0.1, -0.05) is 48.5 Å². The molecule has 2 aromatic carbocycles. The zero-order valence-corrected chi connectivity index (χ0v) is 18.5. The lowest BCUT2D eigenvalue weighted by atomic mass is 9.80. The first-order valence-corrected chi connectivity index (χ1v) is 10.5. The van der Waals surface area contributed by atoms with E-state index >= 15 is 0 Å². The van der Waals surface area contributed by atoms with E-state index in [1.54, 1.807) is 37.4 Å². The lowest BCUT2D eigenvalue weighted by Gasteiger charge is -2.36. The molecule has 0 aliphatic rings. The summed E-state index contributed by atoms with van der Waals surface area (Å²) in [5.41, 5.74) is -0.582. The standard InChI is InChI=1S/C24H22F3N3O2S/c1-2-32-22(31)29-21(33)30-23(20-13-6-7-14-28-20,16-17-9-4-3-5-10-17)18-11-8-12-19(15-18)24(25,26)27/h3-15H,2,16H2,1H3,(H2,29,30,31,33). The van der Waals surface area contributed by atoms with Gasteiger partial charge in [0.2, 0.25) is 0 Å². The van der Waals surface area contributed by atoms with Crippen molar-refractivity contribution in [1.82, 2.24) is 15.6 Å². The number of carbonyl (C=O) groups excluding carboxylic acids is 1. The van der Waals surface area contributed by atoms with Crippen LogP contribution >= 0.6 is 12.2 Å². The number of aromatic nitrogens is 1. The summed E-state index contributed by atoms with van der Waals surface area (Å²) in [7, 11) is 0. The van der Waals surface area contributed by atoms with E-state index in [1.807, 2.05) is 30.3 Å². The van der Waals surface area contributed by atoms with Crippen LogP contribution in [0.3, 0.4) is 0 Å². The fraction of sp³-hybridized carbons (Fsp3) is 0.208. The van der Waals surface area contributed by atoms with Gasteiger partial charge in [-0.15, -0.1) is 0 Å². The number of thiocarbonyl (C=S) groups is 1. The van der Waals surface area contributed by atoms with Crippen LogP contribution in [0, 0.1) is 0 Å². The highest BCUT2D eigenvalue weighted by molar-refractivity contribution is 7.80. The van der Waals surface area contributed by atoms with E-state index in [0.29, 0.717) is 5.69 Å². The smallest absolute Gasteiger partial charge is 0.416 e. The van der Waals surface area contributed by atoms with Gasteiger partial charge in [-0.05, 0) is 54.5 Å². The van der Waals surface area contributed by atoms with Crippen molar-refractivity contribution in [3.63, 3.8) is 0 Å². The van der Waals surface area contributed by atoms with Gasteiger partial charge in [-0.25, -0.2) is 4.79 Å². The Morgan fingerprint density at radius 1 is 1.00 bits per heavy atom. The van der Waals surface area contributed by atoms with E-state index in [0.717, 1.165) is 17.7 Å². The van der Waals surface area contributed by atoms with Crippen molar-refractivity contribution < 1.29 is 22.7 Å². The molecule has 0 aliphatic carbocycles. The Bertz CT molecular complexity index is 1090. The summed E-state index contributed by atoms with van der Waals surface area (Å²) >= 11 is 5.34. The van der Waals surface area contributed by atoms with Gasteiger partial charge < -0.3 is 10.1 Å². The fourth-order valence-electron chi connectivity index (χ4n) is 3.48. The highest BCUT2D eigenvalue weighted by Gasteiger charge is 2.39. The number of alkyl halides is 3. The molecule has 33 heavy (non-hydrogen) atoms. The van der Waals surface area contributed by atoms with Crippen LogP contribution in [0.4, 0.5) is 18.0 Å². The number of hydrogen-bond acceptors (Lipinski definition) is 4. The monoisotopic (exact) mass is 473 g/mol. The molecule has 1 unspecified atom stereocenters. The van der Waals surface area contributed by atoms with Gasteiger partial charge in [-0.2, -0.15) is 13.2 Å². The normalized spacial score (nSPS) is 13.0. The Hall–Kier alpha value is -3.46. The predicted molar refractivity (Wildman–Crippen MR) is 122 cm³/mol. The Balaban J connectivity index is 2.17. The van der Waals surface area contributed by atoms with Crippen LogP contribution in [0.15, 0.2) is 79.0 Å². The number of nitrogens with one attached hydrogen (secondary N) is 2. The highest BCUT2D eigenvalue weighted by atomic mass is 32.1. The zero-order valence-electron chi connectivity index (χ0n) is 17.7.